The van der Waals surface area contributed by atoms with E-state index < -0.39 is 0 Å². The van der Waals surface area contributed by atoms with Gasteiger partial charge in [-0.15, -0.1) is 0 Å². The number of rotatable bonds is 6. The number of hydrogen-bond acceptors (Lipinski definition) is 4. The molecule has 4 heteroatoms. The van der Waals surface area contributed by atoms with E-state index in [4.69, 9.17) is 15.2 Å². The number of carbonyl (C=O) groups excluding carboxylic acids is 1. The van der Waals surface area contributed by atoms with Crippen molar-refractivity contribution in [3.8, 4) is 0 Å². The normalized spacial score (nSPS) is 20.2. The quantitative estimate of drug-likeness (QED) is 0.798. The van der Waals surface area contributed by atoms with Crippen molar-refractivity contribution in [3.05, 3.63) is 35.9 Å². The van der Waals surface area contributed by atoms with E-state index in [2.05, 4.69) is 0 Å². The Labute approximate surface area is 113 Å². The number of ether oxygens (including phenoxy) is 2. The second kappa shape index (κ2) is 7.26. The lowest BCUT2D eigenvalue weighted by Crippen LogP contribution is -2.17. The van der Waals surface area contributed by atoms with Crippen molar-refractivity contribution in [2.75, 3.05) is 19.8 Å². The van der Waals surface area contributed by atoms with Crippen LogP contribution in [-0.4, -0.2) is 25.8 Å². The average molecular weight is 263 g/mol. The SMILES string of the molecule is NC(CCC(=O)OCC1CCOC1)c1ccccc1. The summed E-state index contributed by atoms with van der Waals surface area (Å²) in [5.41, 5.74) is 7.09. The van der Waals surface area contributed by atoms with Gasteiger partial charge in [0.1, 0.15) is 0 Å². The Morgan fingerprint density at radius 3 is 2.89 bits per heavy atom. The first-order chi connectivity index (χ1) is 9.25. The van der Waals surface area contributed by atoms with Gasteiger partial charge in [0, 0.05) is 25.0 Å². The molecule has 0 bridgehead atoms. The fourth-order valence-electron chi connectivity index (χ4n) is 2.14. The third kappa shape index (κ3) is 4.65. The van der Waals surface area contributed by atoms with E-state index in [1.54, 1.807) is 0 Å². The van der Waals surface area contributed by atoms with Gasteiger partial charge in [0.05, 0.1) is 13.2 Å². The molecule has 1 aromatic carbocycles. The number of benzene rings is 1. The van der Waals surface area contributed by atoms with Crippen LogP contribution in [0.5, 0.6) is 0 Å². The van der Waals surface area contributed by atoms with Gasteiger partial charge in [-0.05, 0) is 18.4 Å². The van der Waals surface area contributed by atoms with Gasteiger partial charge in [0.25, 0.3) is 0 Å². The van der Waals surface area contributed by atoms with Gasteiger partial charge in [-0.1, -0.05) is 30.3 Å². The number of nitrogens with two attached hydrogens (primary N) is 1. The van der Waals surface area contributed by atoms with Gasteiger partial charge in [0.15, 0.2) is 0 Å². The molecule has 0 saturated carbocycles. The highest BCUT2D eigenvalue weighted by Gasteiger charge is 2.18. The first-order valence-corrected chi connectivity index (χ1v) is 6.79. The predicted octanol–water partition coefficient (Wildman–Crippen LogP) is 2.05. The fraction of sp³-hybridized carbons (Fsp3) is 0.533. The molecule has 0 aromatic heterocycles. The average Bonchev–Trinajstić information content (AvgIpc) is 2.96. The van der Waals surface area contributed by atoms with E-state index in [-0.39, 0.29) is 12.0 Å². The molecule has 2 rings (SSSR count). The van der Waals surface area contributed by atoms with Crippen molar-refractivity contribution in [2.24, 2.45) is 11.7 Å². The van der Waals surface area contributed by atoms with Crippen molar-refractivity contribution < 1.29 is 14.3 Å². The Hall–Kier alpha value is -1.39. The summed E-state index contributed by atoms with van der Waals surface area (Å²) in [7, 11) is 0. The van der Waals surface area contributed by atoms with Crippen molar-refractivity contribution >= 4 is 5.97 Å². The number of carbonyl (C=O) groups is 1. The lowest BCUT2D eigenvalue weighted by molar-refractivity contribution is -0.145. The van der Waals surface area contributed by atoms with E-state index in [1.165, 1.54) is 0 Å². The minimum absolute atomic E-state index is 0.108. The highest BCUT2D eigenvalue weighted by atomic mass is 16.5. The zero-order chi connectivity index (χ0) is 13.5. The first-order valence-electron chi connectivity index (χ1n) is 6.79. The fourth-order valence-corrected chi connectivity index (χ4v) is 2.14. The van der Waals surface area contributed by atoms with Crippen LogP contribution in [0.15, 0.2) is 30.3 Å². The Morgan fingerprint density at radius 2 is 2.21 bits per heavy atom. The van der Waals surface area contributed by atoms with Crippen LogP contribution >= 0.6 is 0 Å². The van der Waals surface area contributed by atoms with Crippen LogP contribution in [0.3, 0.4) is 0 Å². The third-order valence-corrected chi connectivity index (χ3v) is 3.39. The Kier molecular flexibility index (Phi) is 5.36. The van der Waals surface area contributed by atoms with Gasteiger partial charge in [-0.2, -0.15) is 0 Å². The van der Waals surface area contributed by atoms with E-state index in [9.17, 15) is 4.79 Å². The number of esters is 1. The van der Waals surface area contributed by atoms with Crippen LogP contribution in [0, 0.1) is 5.92 Å². The maximum Gasteiger partial charge on any atom is 0.305 e. The number of hydrogen-bond donors (Lipinski definition) is 1. The molecule has 0 aliphatic carbocycles. The maximum absolute atomic E-state index is 11.6. The Morgan fingerprint density at radius 1 is 1.42 bits per heavy atom. The molecule has 0 spiro atoms. The molecule has 2 unspecified atom stereocenters. The molecule has 0 amide bonds. The zero-order valence-corrected chi connectivity index (χ0v) is 11.1. The largest absolute Gasteiger partial charge is 0.465 e. The van der Waals surface area contributed by atoms with Crippen LogP contribution in [-0.2, 0) is 14.3 Å². The summed E-state index contributed by atoms with van der Waals surface area (Å²) in [5.74, 6) is 0.199. The summed E-state index contributed by atoms with van der Waals surface area (Å²) < 4.78 is 10.5. The molecule has 4 nitrogen and oxygen atoms in total. The van der Waals surface area contributed by atoms with Crippen molar-refractivity contribution in [1.82, 2.24) is 0 Å². The molecule has 1 aliphatic rings. The molecule has 1 aromatic rings. The maximum atomic E-state index is 11.6. The zero-order valence-electron chi connectivity index (χ0n) is 11.1. The lowest BCUT2D eigenvalue weighted by atomic mass is 10.0. The highest BCUT2D eigenvalue weighted by molar-refractivity contribution is 5.69. The van der Waals surface area contributed by atoms with E-state index >= 15 is 0 Å². The minimum Gasteiger partial charge on any atom is -0.465 e. The predicted molar refractivity (Wildman–Crippen MR) is 72.5 cm³/mol. The molecule has 2 atom stereocenters. The van der Waals surface area contributed by atoms with Crippen molar-refractivity contribution in [2.45, 2.75) is 25.3 Å². The lowest BCUT2D eigenvalue weighted by Gasteiger charge is -2.12. The third-order valence-electron chi connectivity index (χ3n) is 3.39. The van der Waals surface area contributed by atoms with E-state index in [0.29, 0.717) is 32.0 Å². The van der Waals surface area contributed by atoms with Crippen LogP contribution in [0.4, 0.5) is 0 Å². The van der Waals surface area contributed by atoms with Crippen LogP contribution in [0.1, 0.15) is 30.9 Å². The molecule has 1 heterocycles. The van der Waals surface area contributed by atoms with E-state index in [0.717, 1.165) is 18.6 Å². The standard InChI is InChI=1S/C15H21NO3/c16-14(13-4-2-1-3-5-13)6-7-15(17)19-11-12-8-9-18-10-12/h1-5,12,14H,6-11,16H2. The molecular formula is C15H21NO3. The monoisotopic (exact) mass is 263 g/mol. The summed E-state index contributed by atoms with van der Waals surface area (Å²) >= 11 is 0. The summed E-state index contributed by atoms with van der Waals surface area (Å²) in [5, 5.41) is 0. The van der Waals surface area contributed by atoms with Gasteiger partial charge < -0.3 is 15.2 Å². The summed E-state index contributed by atoms with van der Waals surface area (Å²) in [6.45, 7) is 1.96. The summed E-state index contributed by atoms with van der Waals surface area (Å²) in [4.78, 5) is 11.6. The second-order valence-electron chi connectivity index (χ2n) is 4.97. The topological polar surface area (TPSA) is 61.6 Å². The molecule has 1 saturated heterocycles. The van der Waals surface area contributed by atoms with Gasteiger partial charge in [-0.25, -0.2) is 0 Å². The van der Waals surface area contributed by atoms with Gasteiger partial charge in [-0.3, -0.25) is 4.79 Å². The summed E-state index contributed by atoms with van der Waals surface area (Å²) in [6, 6.07) is 9.70. The minimum atomic E-state index is -0.168. The Bertz CT molecular complexity index is 388. The van der Waals surface area contributed by atoms with Gasteiger partial charge in [0.2, 0.25) is 0 Å². The molecule has 0 radical (unpaired) electrons. The smallest absolute Gasteiger partial charge is 0.305 e. The van der Waals surface area contributed by atoms with Crippen molar-refractivity contribution in [3.63, 3.8) is 0 Å². The molecule has 19 heavy (non-hydrogen) atoms. The van der Waals surface area contributed by atoms with Crippen LogP contribution in [0.2, 0.25) is 0 Å². The molecular weight excluding hydrogens is 242 g/mol. The molecule has 104 valence electrons. The molecule has 2 N–H and O–H groups in total. The van der Waals surface area contributed by atoms with Gasteiger partial charge >= 0.3 is 5.97 Å². The second-order valence-corrected chi connectivity index (χ2v) is 4.97. The van der Waals surface area contributed by atoms with Crippen molar-refractivity contribution in [1.29, 1.82) is 0 Å². The molecule has 1 aliphatic heterocycles. The Balaban J connectivity index is 1.65. The molecule has 1 fully saturated rings. The van der Waals surface area contributed by atoms with Crippen LogP contribution < -0.4 is 5.73 Å². The van der Waals surface area contributed by atoms with Crippen LogP contribution in [0.25, 0.3) is 0 Å². The highest BCUT2D eigenvalue weighted by Crippen LogP contribution is 2.16. The first kappa shape index (κ1) is 14.0. The summed E-state index contributed by atoms with van der Waals surface area (Å²) in [6.07, 6.45) is 1.96. The van der Waals surface area contributed by atoms with E-state index in [1.807, 2.05) is 30.3 Å².